The van der Waals surface area contributed by atoms with E-state index in [9.17, 15) is 9.50 Å². The van der Waals surface area contributed by atoms with Crippen LogP contribution in [0.1, 0.15) is 35.2 Å². The zero-order valence-electron chi connectivity index (χ0n) is 19.5. The predicted octanol–water partition coefficient (Wildman–Crippen LogP) is 4.31. The van der Waals surface area contributed by atoms with Crippen LogP contribution in [0.2, 0.25) is 0 Å². The molecular weight excluding hydrogens is 435 g/mol. The molecular formula is C26H27FN4O3. The van der Waals surface area contributed by atoms with Crippen molar-refractivity contribution in [2.24, 2.45) is 5.16 Å². The van der Waals surface area contributed by atoms with Crippen LogP contribution in [0, 0.1) is 19.7 Å². The first-order chi connectivity index (χ1) is 16.4. The van der Waals surface area contributed by atoms with Gasteiger partial charge in [0.2, 0.25) is 0 Å². The maximum atomic E-state index is 14.2. The fourth-order valence-corrected chi connectivity index (χ4v) is 4.71. The molecule has 8 heteroatoms. The number of aliphatic hydroxyl groups is 1. The minimum atomic E-state index is -1.23. The maximum Gasteiger partial charge on any atom is 0.260 e. The molecule has 0 amide bonds. The Kier molecular flexibility index (Phi) is 5.61. The van der Waals surface area contributed by atoms with E-state index in [1.165, 1.54) is 12.1 Å². The lowest BCUT2D eigenvalue weighted by molar-refractivity contribution is -0.137. The lowest BCUT2D eigenvalue weighted by Gasteiger charge is -2.39. The molecule has 2 aliphatic heterocycles. The van der Waals surface area contributed by atoms with Crippen molar-refractivity contribution in [3.63, 3.8) is 0 Å². The monoisotopic (exact) mass is 462 g/mol. The quantitative estimate of drug-likeness (QED) is 0.612. The van der Waals surface area contributed by atoms with Crippen molar-refractivity contribution >= 4 is 11.9 Å². The Labute approximate surface area is 197 Å². The van der Waals surface area contributed by atoms with Crippen molar-refractivity contribution in [1.29, 1.82) is 0 Å². The lowest BCUT2D eigenvalue weighted by Crippen LogP contribution is -2.51. The van der Waals surface area contributed by atoms with Gasteiger partial charge in [-0.1, -0.05) is 11.2 Å². The predicted molar refractivity (Wildman–Crippen MR) is 127 cm³/mol. The third-order valence-corrected chi connectivity index (χ3v) is 6.33. The number of piperidine rings is 1. The van der Waals surface area contributed by atoms with Crippen molar-refractivity contribution in [2.75, 3.05) is 20.3 Å². The summed E-state index contributed by atoms with van der Waals surface area (Å²) in [5.74, 6) is 1.02. The summed E-state index contributed by atoms with van der Waals surface area (Å²) < 4.78 is 21.8. The first-order valence-electron chi connectivity index (χ1n) is 11.3. The van der Waals surface area contributed by atoms with Gasteiger partial charge in [-0.05, 0) is 79.8 Å². The summed E-state index contributed by atoms with van der Waals surface area (Å²) in [6.07, 6.45) is 7.44. The average Bonchev–Trinajstić information content (AvgIpc) is 3.43. The van der Waals surface area contributed by atoms with Gasteiger partial charge in [0.1, 0.15) is 18.2 Å². The number of nitrogens with zero attached hydrogens (tertiary/aromatic N) is 4. The van der Waals surface area contributed by atoms with Gasteiger partial charge in [-0.15, -0.1) is 0 Å². The maximum absolute atomic E-state index is 14.2. The van der Waals surface area contributed by atoms with E-state index < -0.39 is 5.72 Å². The van der Waals surface area contributed by atoms with Gasteiger partial charge in [-0.3, -0.25) is 0 Å². The molecule has 0 spiro atoms. The summed E-state index contributed by atoms with van der Waals surface area (Å²) in [7, 11) is 1.65. The molecule has 0 radical (unpaired) electrons. The second-order valence-corrected chi connectivity index (χ2v) is 8.74. The number of ether oxygens (including phenoxy) is 1. The Morgan fingerprint density at radius 1 is 1.24 bits per heavy atom. The third-order valence-electron chi connectivity index (χ3n) is 6.33. The topological polar surface area (TPSA) is 72.1 Å². The highest BCUT2D eigenvalue weighted by Gasteiger charge is 2.49. The minimum absolute atomic E-state index is 0.344. The van der Waals surface area contributed by atoms with E-state index in [1.807, 2.05) is 53.8 Å². The van der Waals surface area contributed by atoms with Crippen LogP contribution in [0.5, 0.6) is 5.75 Å². The normalized spacial score (nSPS) is 20.8. The van der Waals surface area contributed by atoms with E-state index in [-0.39, 0.29) is 12.4 Å². The number of oxime groups is 1. The highest BCUT2D eigenvalue weighted by Crippen LogP contribution is 2.41. The number of hydrogen-bond acceptors (Lipinski definition) is 6. The molecule has 3 heterocycles. The van der Waals surface area contributed by atoms with Crippen LogP contribution in [-0.2, 0) is 10.6 Å². The van der Waals surface area contributed by atoms with Crippen molar-refractivity contribution in [3.05, 3.63) is 82.7 Å². The number of rotatable bonds is 5. The highest BCUT2D eigenvalue weighted by atomic mass is 19.1. The van der Waals surface area contributed by atoms with Crippen LogP contribution in [0.3, 0.4) is 0 Å². The molecule has 1 N–H and O–H groups in total. The molecule has 1 fully saturated rings. The molecule has 7 nitrogen and oxygen atoms in total. The number of fused-ring (bicyclic) bond motifs is 1. The van der Waals surface area contributed by atoms with Gasteiger partial charge in [0.25, 0.3) is 5.72 Å². The Bertz CT molecular complexity index is 1280. The highest BCUT2D eigenvalue weighted by molar-refractivity contribution is 6.03. The summed E-state index contributed by atoms with van der Waals surface area (Å²) in [6, 6.07) is 10.7. The SMILES string of the molecule is COc1cc(C=C2CCCN3C2=NOC3(CO)c2cc(C)cc(F)c2)ccc1-n1cnc(C)c1. The average molecular weight is 463 g/mol. The largest absolute Gasteiger partial charge is 0.495 e. The molecule has 1 atom stereocenters. The lowest BCUT2D eigenvalue weighted by atomic mass is 9.94. The van der Waals surface area contributed by atoms with Gasteiger partial charge < -0.3 is 24.1 Å². The summed E-state index contributed by atoms with van der Waals surface area (Å²) in [5.41, 5.74) is 3.85. The van der Waals surface area contributed by atoms with Crippen molar-refractivity contribution < 1.29 is 19.1 Å². The Morgan fingerprint density at radius 3 is 2.79 bits per heavy atom. The Morgan fingerprint density at radius 2 is 2.09 bits per heavy atom. The number of aromatic nitrogens is 2. The number of benzene rings is 2. The summed E-state index contributed by atoms with van der Waals surface area (Å²) in [6.45, 7) is 4.06. The number of hydrogen-bond donors (Lipinski definition) is 1. The number of aryl methyl sites for hydroxylation is 2. The number of halogens is 1. The molecule has 0 bridgehead atoms. The van der Waals surface area contributed by atoms with Crippen LogP contribution in [0.4, 0.5) is 4.39 Å². The van der Waals surface area contributed by atoms with Crippen LogP contribution >= 0.6 is 0 Å². The molecule has 0 aliphatic carbocycles. The standard InChI is InChI=1S/C26H27FN4O3/c1-17-9-21(13-22(27)10-17)26(15-32)31-8-4-5-20(25(31)29-34-26)11-19-6-7-23(24(12-19)33-3)30-14-18(2)28-16-30/h6-7,9-14,16,32H,4-5,8,15H2,1-3H3. The number of amidine groups is 1. The summed E-state index contributed by atoms with van der Waals surface area (Å²) in [5, 5.41) is 14.7. The van der Waals surface area contributed by atoms with Gasteiger partial charge in [-0.25, -0.2) is 9.37 Å². The van der Waals surface area contributed by atoms with Crippen LogP contribution in [0.15, 0.2) is 59.7 Å². The van der Waals surface area contributed by atoms with E-state index in [1.54, 1.807) is 13.4 Å². The van der Waals surface area contributed by atoms with E-state index in [0.29, 0.717) is 17.9 Å². The van der Waals surface area contributed by atoms with E-state index >= 15 is 0 Å². The first kappa shape index (κ1) is 22.2. The molecule has 2 aromatic carbocycles. The van der Waals surface area contributed by atoms with Gasteiger partial charge in [0.15, 0.2) is 5.84 Å². The molecule has 2 aliphatic rings. The third kappa shape index (κ3) is 3.74. The number of imidazole rings is 1. The second-order valence-electron chi connectivity index (χ2n) is 8.74. The molecule has 1 unspecified atom stereocenters. The minimum Gasteiger partial charge on any atom is -0.495 e. The smallest absolute Gasteiger partial charge is 0.260 e. The van der Waals surface area contributed by atoms with Gasteiger partial charge in [0, 0.05) is 18.3 Å². The fourth-order valence-electron chi connectivity index (χ4n) is 4.71. The van der Waals surface area contributed by atoms with Gasteiger partial charge in [-0.2, -0.15) is 0 Å². The zero-order valence-corrected chi connectivity index (χ0v) is 19.5. The van der Waals surface area contributed by atoms with Crippen LogP contribution in [-0.4, -0.2) is 45.7 Å². The second kappa shape index (κ2) is 8.61. The summed E-state index contributed by atoms with van der Waals surface area (Å²) >= 11 is 0. The first-order valence-corrected chi connectivity index (χ1v) is 11.3. The van der Waals surface area contributed by atoms with E-state index in [2.05, 4.69) is 16.2 Å². The van der Waals surface area contributed by atoms with Crippen LogP contribution in [0.25, 0.3) is 11.8 Å². The Balaban J connectivity index is 1.49. The fraction of sp³-hybridized carbons (Fsp3) is 0.308. The molecule has 5 rings (SSSR count). The van der Waals surface area contributed by atoms with Crippen LogP contribution < -0.4 is 4.74 Å². The number of methoxy groups -OCH3 is 1. The van der Waals surface area contributed by atoms with Gasteiger partial charge in [0.05, 0.1) is 24.8 Å². The summed E-state index contributed by atoms with van der Waals surface area (Å²) in [4.78, 5) is 12.1. The van der Waals surface area contributed by atoms with Crippen molar-refractivity contribution in [3.8, 4) is 11.4 Å². The van der Waals surface area contributed by atoms with E-state index in [0.717, 1.165) is 46.7 Å². The van der Waals surface area contributed by atoms with E-state index in [4.69, 9.17) is 9.57 Å². The molecule has 3 aromatic rings. The molecule has 34 heavy (non-hydrogen) atoms. The molecule has 1 saturated heterocycles. The molecule has 1 aromatic heterocycles. The number of aliphatic hydroxyl groups excluding tert-OH is 1. The molecule has 0 saturated carbocycles. The molecule has 176 valence electrons. The van der Waals surface area contributed by atoms with Crippen molar-refractivity contribution in [1.82, 2.24) is 14.5 Å². The zero-order chi connectivity index (χ0) is 23.9. The van der Waals surface area contributed by atoms with Gasteiger partial charge >= 0.3 is 0 Å². The van der Waals surface area contributed by atoms with Crippen molar-refractivity contribution in [2.45, 2.75) is 32.4 Å². The Hall–Kier alpha value is -3.65.